The molecule has 2 atom stereocenters. The summed E-state index contributed by atoms with van der Waals surface area (Å²) >= 11 is 5.97. The number of aliphatic hydroxyl groups excluding tert-OH is 3. The van der Waals surface area contributed by atoms with Crippen LogP contribution < -0.4 is 27.3 Å². The standard InChI is InChI=1S/C25H30ClN5O4.C3H6O3/c26-20-11-19(21(27)12-22(20)28)24(34)31-25(29)30-10-4-3-5-15-8-9-23(35-14-16(33)13-32)18-7-2-1-6-17(15)18;1-2(4)3(5)6/h1-2,6-9,11-12,16,32-33H,3-5,10,13-14,27-28H2,(H3,29,30,31,34);2,4H,1H3,(H,5,6)/t;2-/m.0/s1. The summed E-state index contributed by atoms with van der Waals surface area (Å²) in [6.07, 6.45) is 0.292. The van der Waals surface area contributed by atoms with Gasteiger partial charge in [-0.05, 0) is 55.3 Å². The van der Waals surface area contributed by atoms with Crippen molar-refractivity contribution in [1.82, 2.24) is 5.32 Å². The van der Waals surface area contributed by atoms with Gasteiger partial charge in [0.05, 0.1) is 22.9 Å². The van der Waals surface area contributed by atoms with Crippen LogP contribution in [-0.4, -0.2) is 70.2 Å². The van der Waals surface area contributed by atoms with Crippen LogP contribution in [0.15, 0.2) is 53.5 Å². The number of nitrogens with one attached hydrogen (secondary N) is 1. The van der Waals surface area contributed by atoms with Gasteiger partial charge in [0.2, 0.25) is 0 Å². The van der Waals surface area contributed by atoms with Crippen molar-refractivity contribution in [3.05, 3.63) is 64.7 Å². The highest BCUT2D eigenvalue weighted by Gasteiger charge is 2.13. The number of ether oxygens (including phenoxy) is 1. The third kappa shape index (κ3) is 10.4. The number of hydrogen-bond donors (Lipinski definition) is 8. The van der Waals surface area contributed by atoms with E-state index in [2.05, 4.69) is 10.3 Å². The molecule has 0 radical (unpaired) electrons. The normalized spacial score (nSPS) is 12.7. The molecular weight excluding hydrogens is 554 g/mol. The van der Waals surface area contributed by atoms with Gasteiger partial charge in [0.25, 0.3) is 5.91 Å². The first kappa shape index (κ1) is 33.1. The van der Waals surface area contributed by atoms with Gasteiger partial charge in [-0.25, -0.2) is 4.79 Å². The Morgan fingerprint density at radius 2 is 1.71 bits per heavy atom. The first-order chi connectivity index (χ1) is 19.4. The number of nitrogens with two attached hydrogens (primary N) is 3. The quantitative estimate of drug-likeness (QED) is 0.0701. The molecule has 3 aromatic rings. The molecule has 0 spiro atoms. The Morgan fingerprint density at radius 1 is 1.05 bits per heavy atom. The van der Waals surface area contributed by atoms with Crippen molar-refractivity contribution in [1.29, 1.82) is 0 Å². The van der Waals surface area contributed by atoms with E-state index in [9.17, 15) is 14.7 Å². The lowest BCUT2D eigenvalue weighted by Crippen LogP contribution is -2.37. The maximum Gasteiger partial charge on any atom is 0.332 e. The molecule has 12 nitrogen and oxygen atoms in total. The third-order valence-electron chi connectivity index (χ3n) is 5.77. The summed E-state index contributed by atoms with van der Waals surface area (Å²) in [7, 11) is 0. The van der Waals surface area contributed by atoms with Gasteiger partial charge < -0.3 is 42.4 Å². The van der Waals surface area contributed by atoms with Gasteiger partial charge in [0, 0.05) is 17.6 Å². The van der Waals surface area contributed by atoms with E-state index in [-0.39, 0.29) is 41.1 Å². The van der Waals surface area contributed by atoms with Crippen LogP contribution in [0, 0.1) is 0 Å². The number of rotatable bonds is 11. The molecule has 1 amide bonds. The number of halogens is 1. The number of fused-ring (bicyclic) bond motifs is 1. The largest absolute Gasteiger partial charge is 0.490 e. The number of carboxylic acids is 1. The minimum absolute atomic E-state index is 0.000587. The minimum atomic E-state index is -1.23. The van der Waals surface area contributed by atoms with E-state index < -0.39 is 24.1 Å². The van der Waals surface area contributed by atoms with Gasteiger partial charge in [0.15, 0.2) is 5.96 Å². The summed E-state index contributed by atoms with van der Waals surface area (Å²) in [5.74, 6) is -1.03. The van der Waals surface area contributed by atoms with Crippen molar-refractivity contribution in [3.8, 4) is 5.75 Å². The average molecular weight is 590 g/mol. The molecule has 1 unspecified atom stereocenters. The van der Waals surface area contributed by atoms with E-state index in [0.717, 1.165) is 35.6 Å². The predicted octanol–water partition coefficient (Wildman–Crippen LogP) is 1.91. The summed E-state index contributed by atoms with van der Waals surface area (Å²) in [6, 6.07) is 14.6. The van der Waals surface area contributed by atoms with Crippen LogP contribution in [0.25, 0.3) is 10.8 Å². The first-order valence-electron chi connectivity index (χ1n) is 12.7. The molecule has 0 aliphatic carbocycles. The topological polar surface area (TPSA) is 227 Å². The van der Waals surface area contributed by atoms with Crippen molar-refractivity contribution in [2.45, 2.75) is 38.4 Å². The van der Waals surface area contributed by atoms with E-state index in [1.807, 2.05) is 36.4 Å². The fraction of sp³-hybridized carbons (Fsp3) is 0.321. The van der Waals surface area contributed by atoms with Gasteiger partial charge in [-0.3, -0.25) is 15.1 Å². The summed E-state index contributed by atoms with van der Waals surface area (Å²) in [4.78, 5) is 26.0. The number of nitrogens with zero attached hydrogens (tertiary/aromatic N) is 1. The molecule has 0 aliphatic heterocycles. The summed E-state index contributed by atoms with van der Waals surface area (Å²) < 4.78 is 5.68. The predicted molar refractivity (Wildman–Crippen MR) is 159 cm³/mol. The van der Waals surface area contributed by atoms with Crippen LogP contribution in [0.4, 0.5) is 11.4 Å². The van der Waals surface area contributed by atoms with E-state index >= 15 is 0 Å². The van der Waals surface area contributed by atoms with Crippen molar-refractivity contribution in [2.75, 3.05) is 31.2 Å². The lowest BCUT2D eigenvalue weighted by atomic mass is 9.99. The maximum atomic E-state index is 12.4. The van der Waals surface area contributed by atoms with Crippen molar-refractivity contribution in [2.24, 2.45) is 10.7 Å². The van der Waals surface area contributed by atoms with Crippen molar-refractivity contribution in [3.63, 3.8) is 0 Å². The zero-order valence-corrected chi connectivity index (χ0v) is 23.3. The fourth-order valence-corrected chi connectivity index (χ4v) is 3.73. The Morgan fingerprint density at radius 3 is 2.34 bits per heavy atom. The summed E-state index contributed by atoms with van der Waals surface area (Å²) in [5, 5.41) is 39.1. The fourth-order valence-electron chi connectivity index (χ4n) is 3.57. The van der Waals surface area contributed by atoms with E-state index in [4.69, 9.17) is 48.9 Å². The van der Waals surface area contributed by atoms with Gasteiger partial charge in [-0.2, -0.15) is 0 Å². The number of aliphatic imine (C=N–C) groups is 1. The number of aliphatic carboxylic acids is 1. The summed E-state index contributed by atoms with van der Waals surface area (Å²) in [5.41, 5.74) is 19.2. The number of hydrogen-bond acceptors (Lipinski definition) is 9. The van der Waals surface area contributed by atoms with Gasteiger partial charge in [-0.1, -0.05) is 41.9 Å². The molecule has 41 heavy (non-hydrogen) atoms. The van der Waals surface area contributed by atoms with Crippen LogP contribution in [0.1, 0.15) is 35.7 Å². The van der Waals surface area contributed by atoms with Crippen LogP contribution in [-0.2, 0) is 11.2 Å². The number of unbranched alkanes of at least 4 members (excludes halogenated alkanes) is 1. The molecule has 0 aliphatic rings. The Bertz CT molecular complexity index is 1370. The highest BCUT2D eigenvalue weighted by atomic mass is 35.5. The Hall–Kier alpha value is -4.10. The molecule has 0 saturated carbocycles. The van der Waals surface area contributed by atoms with Gasteiger partial charge in [0.1, 0.15) is 24.6 Å². The summed E-state index contributed by atoms with van der Waals surface area (Å²) in [6.45, 7) is 1.31. The number of amides is 1. The SMILES string of the molecule is C[C@H](O)C(=O)O.NC(=NCCCCc1ccc(OCC(O)CO)c2ccccc12)NC(=O)c1cc(Cl)c(N)cc1N. The third-order valence-corrected chi connectivity index (χ3v) is 6.09. The minimum Gasteiger partial charge on any atom is -0.490 e. The average Bonchev–Trinajstić information content (AvgIpc) is 2.94. The number of guanidine groups is 1. The van der Waals surface area contributed by atoms with Crippen LogP contribution in [0.5, 0.6) is 5.75 Å². The van der Waals surface area contributed by atoms with Crippen LogP contribution >= 0.6 is 11.6 Å². The molecule has 0 bridgehead atoms. The molecule has 0 aromatic heterocycles. The van der Waals surface area contributed by atoms with E-state index in [0.29, 0.717) is 12.3 Å². The highest BCUT2D eigenvalue weighted by molar-refractivity contribution is 6.33. The lowest BCUT2D eigenvalue weighted by Gasteiger charge is -2.14. The highest BCUT2D eigenvalue weighted by Crippen LogP contribution is 2.29. The molecule has 11 N–H and O–H groups in total. The molecule has 3 rings (SSSR count). The first-order valence-corrected chi connectivity index (χ1v) is 13.1. The second kappa shape index (κ2) is 16.2. The maximum absolute atomic E-state index is 12.4. The van der Waals surface area contributed by atoms with Gasteiger partial charge in [-0.15, -0.1) is 0 Å². The van der Waals surface area contributed by atoms with Crippen molar-refractivity contribution < 1.29 is 34.8 Å². The number of carbonyl (C=O) groups is 2. The number of aryl methyl sites for hydroxylation is 1. The number of carboxylic acid groups (broad SMARTS) is 1. The molecule has 222 valence electrons. The molecular formula is C28H36ClN5O7. The Kier molecular flexibility index (Phi) is 13.1. The van der Waals surface area contributed by atoms with Crippen LogP contribution in [0.3, 0.4) is 0 Å². The number of anilines is 2. The molecule has 13 heteroatoms. The van der Waals surface area contributed by atoms with E-state index in [1.54, 1.807) is 0 Å². The monoisotopic (exact) mass is 589 g/mol. The number of carbonyl (C=O) groups excluding carboxylic acids is 1. The number of aliphatic hydroxyl groups is 3. The molecule has 0 fully saturated rings. The van der Waals surface area contributed by atoms with Gasteiger partial charge >= 0.3 is 5.97 Å². The molecule has 0 saturated heterocycles. The second-order valence-electron chi connectivity index (χ2n) is 9.07. The molecule has 0 heterocycles. The number of benzene rings is 3. The Balaban J connectivity index is 0.000000883. The lowest BCUT2D eigenvalue weighted by molar-refractivity contribution is -0.145. The number of nitrogen functional groups attached to an aromatic ring is 2. The second-order valence-corrected chi connectivity index (χ2v) is 9.48. The Labute approximate surface area is 242 Å². The molecule has 3 aromatic carbocycles. The smallest absolute Gasteiger partial charge is 0.332 e. The van der Waals surface area contributed by atoms with Crippen molar-refractivity contribution >= 4 is 51.6 Å². The zero-order valence-electron chi connectivity index (χ0n) is 22.6. The zero-order chi connectivity index (χ0) is 30.5. The van der Waals surface area contributed by atoms with Crippen LogP contribution in [0.2, 0.25) is 5.02 Å². The van der Waals surface area contributed by atoms with E-state index in [1.165, 1.54) is 19.1 Å².